The summed E-state index contributed by atoms with van der Waals surface area (Å²) < 4.78 is 165. The number of hydrogen-bond acceptors (Lipinski definition) is 6. The Morgan fingerprint density at radius 2 is 0.783 bits per heavy atom. The second-order valence-corrected chi connectivity index (χ2v) is 6.74. The maximum absolute atomic E-state index is 12.6. The summed E-state index contributed by atoms with van der Waals surface area (Å²) in [7, 11) is -14.5. The minimum atomic E-state index is -7.23. The molecular formula is C4HF10NO6S2. The summed E-state index contributed by atoms with van der Waals surface area (Å²) >= 11 is 0. The highest BCUT2D eigenvalue weighted by atomic mass is 32.3. The average molecular weight is 413 g/mol. The van der Waals surface area contributed by atoms with Crippen LogP contribution in [0, 0.1) is 0 Å². The van der Waals surface area contributed by atoms with Crippen molar-refractivity contribution in [3.05, 3.63) is 0 Å². The predicted octanol–water partition coefficient (Wildman–Crippen LogP) is 1.41. The van der Waals surface area contributed by atoms with E-state index in [1.165, 1.54) is 0 Å². The first-order valence-electron chi connectivity index (χ1n) is 4.19. The fourth-order valence-electron chi connectivity index (χ4n) is 0.621. The summed E-state index contributed by atoms with van der Waals surface area (Å²) in [6, 6.07) is 0. The summed E-state index contributed by atoms with van der Waals surface area (Å²) in [5, 5.41) is 0. The van der Waals surface area contributed by atoms with Gasteiger partial charge < -0.3 is 0 Å². The highest BCUT2D eigenvalue weighted by Crippen LogP contribution is 2.35. The molecule has 140 valence electrons. The number of ether oxygens (including phenoxy) is 2. The van der Waals surface area contributed by atoms with Crippen molar-refractivity contribution in [1.29, 1.82) is 0 Å². The molecule has 0 aromatic heterocycles. The van der Waals surface area contributed by atoms with Gasteiger partial charge in [-0.05, 0) is 0 Å². The van der Waals surface area contributed by atoms with E-state index >= 15 is 0 Å². The molecule has 23 heavy (non-hydrogen) atoms. The largest absolute Gasteiger partial charge is 0.528 e. The van der Waals surface area contributed by atoms with Crippen molar-refractivity contribution in [2.45, 2.75) is 23.6 Å². The van der Waals surface area contributed by atoms with Crippen LogP contribution in [-0.4, -0.2) is 40.4 Å². The van der Waals surface area contributed by atoms with E-state index in [-0.39, 0.29) is 0 Å². The number of halogens is 10. The van der Waals surface area contributed by atoms with Crippen molar-refractivity contribution in [2.75, 3.05) is 0 Å². The third-order valence-corrected chi connectivity index (χ3v) is 4.49. The molecule has 1 N–H and O–H groups in total. The molecule has 0 aliphatic carbocycles. The molecule has 0 aliphatic heterocycles. The van der Waals surface area contributed by atoms with Gasteiger partial charge in [-0.1, -0.05) is 4.13 Å². The summed E-state index contributed by atoms with van der Waals surface area (Å²) in [5.74, 6) is 0. The van der Waals surface area contributed by atoms with Crippen LogP contribution >= 0.6 is 0 Å². The zero-order chi connectivity index (χ0) is 19.1. The van der Waals surface area contributed by atoms with Gasteiger partial charge in [-0.15, -0.1) is 26.3 Å². The number of rotatable bonds is 6. The maximum Gasteiger partial charge on any atom is 0.528 e. The van der Waals surface area contributed by atoms with Crippen molar-refractivity contribution < 1.29 is 70.2 Å². The van der Waals surface area contributed by atoms with Gasteiger partial charge in [0.1, 0.15) is 0 Å². The first-order valence-corrected chi connectivity index (χ1v) is 7.16. The molecule has 0 amide bonds. The average Bonchev–Trinajstić information content (AvgIpc) is 2.05. The zero-order valence-electron chi connectivity index (χ0n) is 9.55. The second-order valence-electron chi connectivity index (χ2n) is 3.11. The van der Waals surface area contributed by atoms with E-state index in [1.54, 1.807) is 9.47 Å². The lowest BCUT2D eigenvalue weighted by Gasteiger charge is -2.21. The van der Waals surface area contributed by atoms with Crippen LogP contribution in [-0.2, 0) is 29.5 Å². The minimum Gasteiger partial charge on any atom is -0.211 e. The first kappa shape index (κ1) is 22.1. The topological polar surface area (TPSA) is 98.8 Å². The highest BCUT2D eigenvalue weighted by molar-refractivity contribution is 8.05. The van der Waals surface area contributed by atoms with Crippen LogP contribution in [0.15, 0.2) is 0 Å². The van der Waals surface area contributed by atoms with Crippen LogP contribution in [0.2, 0.25) is 0 Å². The van der Waals surface area contributed by atoms with Gasteiger partial charge in [-0.2, -0.15) is 17.6 Å². The van der Waals surface area contributed by atoms with Crippen LogP contribution in [0.25, 0.3) is 0 Å². The van der Waals surface area contributed by atoms with Crippen LogP contribution in [0.4, 0.5) is 43.9 Å². The van der Waals surface area contributed by atoms with E-state index in [0.29, 0.717) is 0 Å². The molecule has 0 spiro atoms. The van der Waals surface area contributed by atoms with Gasteiger partial charge in [0.05, 0.1) is 0 Å². The summed E-state index contributed by atoms with van der Waals surface area (Å²) in [6.07, 6.45) is -12.8. The Bertz CT molecular complexity index is 575. The number of alkyl halides is 10. The molecule has 0 saturated carbocycles. The lowest BCUT2D eigenvalue weighted by atomic mass is 11.2. The van der Waals surface area contributed by atoms with Crippen molar-refractivity contribution in [3.8, 4) is 0 Å². The SMILES string of the molecule is O=S(=O)(NS(=O)(=O)C(F)(F)OC(F)(F)F)C(F)(F)OC(F)(F)F. The van der Waals surface area contributed by atoms with E-state index in [2.05, 4.69) is 0 Å². The molecule has 0 bridgehead atoms. The summed E-state index contributed by atoms with van der Waals surface area (Å²) in [4.78, 5) is 0. The van der Waals surface area contributed by atoms with Crippen LogP contribution < -0.4 is 4.13 Å². The Balaban J connectivity index is 5.61. The molecule has 0 aliphatic rings. The first-order chi connectivity index (χ1) is 9.62. The van der Waals surface area contributed by atoms with Gasteiger partial charge in [0.25, 0.3) is 0 Å². The fraction of sp³-hybridized carbons (Fsp3) is 1.00. The monoisotopic (exact) mass is 413 g/mol. The molecule has 0 fully saturated rings. The van der Waals surface area contributed by atoms with Gasteiger partial charge >= 0.3 is 43.7 Å². The Labute approximate surface area is 119 Å². The van der Waals surface area contributed by atoms with Crippen LogP contribution in [0.1, 0.15) is 0 Å². The Kier molecular flexibility index (Phi) is 5.63. The van der Waals surface area contributed by atoms with Crippen LogP contribution in [0.5, 0.6) is 0 Å². The highest BCUT2D eigenvalue weighted by Gasteiger charge is 2.62. The molecule has 0 heterocycles. The molecule has 0 aromatic rings. The van der Waals surface area contributed by atoms with E-state index in [1.807, 2.05) is 0 Å². The molecule has 0 radical (unpaired) electrons. The van der Waals surface area contributed by atoms with Gasteiger partial charge in [0.15, 0.2) is 0 Å². The maximum atomic E-state index is 12.6. The van der Waals surface area contributed by atoms with Crippen molar-refractivity contribution in [2.24, 2.45) is 0 Å². The Morgan fingerprint density at radius 1 is 0.565 bits per heavy atom. The van der Waals surface area contributed by atoms with Crippen molar-refractivity contribution in [3.63, 3.8) is 0 Å². The standard InChI is InChI=1S/C4HF10NO6S2/c5-1(6,7)20-3(11,12)22(16,17)15-23(18,19)4(13,14)21-2(8,9)10/h15H. The molecule has 0 aromatic carbocycles. The molecule has 0 saturated heterocycles. The third kappa shape index (κ3) is 6.24. The summed E-state index contributed by atoms with van der Waals surface area (Å²) in [5.41, 5.74) is -13.0. The van der Waals surface area contributed by atoms with E-state index in [0.717, 1.165) is 0 Å². The fourth-order valence-corrected chi connectivity index (χ4v) is 2.96. The smallest absolute Gasteiger partial charge is 0.211 e. The second kappa shape index (κ2) is 5.86. The minimum absolute atomic E-state index is 0.747. The molecule has 0 unspecified atom stereocenters. The van der Waals surface area contributed by atoms with Crippen molar-refractivity contribution in [1.82, 2.24) is 4.13 Å². The lowest BCUT2D eigenvalue weighted by Crippen LogP contribution is -2.52. The molecule has 19 heteroatoms. The van der Waals surface area contributed by atoms with Gasteiger partial charge in [-0.25, -0.2) is 26.3 Å². The predicted molar refractivity (Wildman–Crippen MR) is 45.1 cm³/mol. The summed E-state index contributed by atoms with van der Waals surface area (Å²) in [6.45, 7) is 0. The van der Waals surface area contributed by atoms with Crippen LogP contribution in [0.3, 0.4) is 0 Å². The quantitative estimate of drug-likeness (QED) is 0.662. The molecule has 0 rings (SSSR count). The number of nitrogens with one attached hydrogen (secondary N) is 1. The molecule has 0 atom stereocenters. The van der Waals surface area contributed by atoms with Crippen molar-refractivity contribution >= 4 is 20.0 Å². The molecular weight excluding hydrogens is 412 g/mol. The van der Waals surface area contributed by atoms with E-state index in [9.17, 15) is 60.7 Å². The number of sulfonamides is 2. The normalized spacial score (nSPS) is 15.7. The third-order valence-electron chi connectivity index (χ3n) is 1.31. The van der Waals surface area contributed by atoms with Gasteiger partial charge in [0, 0.05) is 0 Å². The number of hydrogen-bond donors (Lipinski definition) is 1. The Hall–Kier alpha value is -0.920. The van der Waals surface area contributed by atoms with E-state index in [4.69, 9.17) is 0 Å². The Morgan fingerprint density at radius 3 is 0.957 bits per heavy atom. The zero-order valence-corrected chi connectivity index (χ0v) is 11.2. The van der Waals surface area contributed by atoms with Gasteiger partial charge in [0.2, 0.25) is 0 Å². The lowest BCUT2D eigenvalue weighted by molar-refractivity contribution is -0.397. The molecule has 7 nitrogen and oxygen atoms in total. The van der Waals surface area contributed by atoms with Gasteiger partial charge in [-0.3, -0.25) is 0 Å². The van der Waals surface area contributed by atoms with E-state index < -0.39 is 47.8 Å².